The number of ether oxygens (including phenoxy) is 1. The van der Waals surface area contributed by atoms with Crippen LogP contribution in [0.5, 0.6) is 0 Å². The molecule has 1 aromatic rings. The summed E-state index contributed by atoms with van der Waals surface area (Å²) in [6.45, 7) is 4.96. The molecule has 106 valence electrons. The molecule has 1 amide bonds. The second kappa shape index (κ2) is 8.30. The third-order valence-electron chi connectivity index (χ3n) is 2.85. The van der Waals surface area contributed by atoms with Crippen LogP contribution in [0.2, 0.25) is 0 Å². The topological polar surface area (TPSA) is 50.4 Å². The van der Waals surface area contributed by atoms with Crippen LogP contribution in [0.3, 0.4) is 0 Å². The highest BCUT2D eigenvalue weighted by molar-refractivity contribution is 9.10. The Morgan fingerprint density at radius 2 is 2.16 bits per heavy atom. The van der Waals surface area contributed by atoms with Gasteiger partial charge in [0.05, 0.1) is 12.6 Å². The van der Waals surface area contributed by atoms with Gasteiger partial charge in [-0.1, -0.05) is 28.1 Å². The summed E-state index contributed by atoms with van der Waals surface area (Å²) >= 11 is 3.45. The number of amides is 1. The molecule has 2 N–H and O–H groups in total. The molecule has 0 spiro atoms. The maximum Gasteiger partial charge on any atom is 0.236 e. The first kappa shape index (κ1) is 16.1. The van der Waals surface area contributed by atoms with E-state index in [2.05, 4.69) is 26.6 Å². The van der Waals surface area contributed by atoms with Gasteiger partial charge in [-0.05, 0) is 31.5 Å². The molecular formula is C14H21BrN2O2. The highest BCUT2D eigenvalue weighted by atomic mass is 79.9. The molecule has 0 aromatic heterocycles. The van der Waals surface area contributed by atoms with Crippen LogP contribution < -0.4 is 10.6 Å². The molecule has 0 fully saturated rings. The normalized spacial score (nSPS) is 13.9. The number of hydrogen-bond acceptors (Lipinski definition) is 3. The molecule has 1 unspecified atom stereocenters. The molecule has 19 heavy (non-hydrogen) atoms. The number of halogens is 1. The molecule has 4 nitrogen and oxygen atoms in total. The Morgan fingerprint density at radius 3 is 2.79 bits per heavy atom. The van der Waals surface area contributed by atoms with Crippen molar-refractivity contribution in [1.82, 2.24) is 10.6 Å². The fourth-order valence-electron chi connectivity index (χ4n) is 1.75. The second-order valence-electron chi connectivity index (χ2n) is 4.45. The Kier molecular flexibility index (Phi) is 7.05. The van der Waals surface area contributed by atoms with Gasteiger partial charge in [0.2, 0.25) is 5.91 Å². The number of hydrogen-bond donors (Lipinski definition) is 2. The van der Waals surface area contributed by atoms with Crippen LogP contribution in [0.15, 0.2) is 28.7 Å². The highest BCUT2D eigenvalue weighted by Gasteiger charge is 2.15. The maximum absolute atomic E-state index is 11.8. The van der Waals surface area contributed by atoms with Crippen LogP contribution in [-0.2, 0) is 9.53 Å². The van der Waals surface area contributed by atoms with E-state index in [1.165, 1.54) is 0 Å². The third kappa shape index (κ3) is 5.72. The average molecular weight is 329 g/mol. The zero-order valence-corrected chi connectivity index (χ0v) is 13.2. The van der Waals surface area contributed by atoms with E-state index in [0.717, 1.165) is 10.0 Å². The zero-order chi connectivity index (χ0) is 14.3. The smallest absolute Gasteiger partial charge is 0.236 e. The summed E-state index contributed by atoms with van der Waals surface area (Å²) in [7, 11) is 1.61. The van der Waals surface area contributed by atoms with Gasteiger partial charge >= 0.3 is 0 Å². The van der Waals surface area contributed by atoms with Crippen molar-refractivity contribution in [3.63, 3.8) is 0 Å². The minimum atomic E-state index is -0.245. The van der Waals surface area contributed by atoms with Gasteiger partial charge in [-0.2, -0.15) is 0 Å². The van der Waals surface area contributed by atoms with Gasteiger partial charge in [0.25, 0.3) is 0 Å². The summed E-state index contributed by atoms with van der Waals surface area (Å²) < 4.78 is 5.93. The molecule has 0 bridgehead atoms. The largest absolute Gasteiger partial charge is 0.383 e. The van der Waals surface area contributed by atoms with Gasteiger partial charge in [-0.3, -0.25) is 10.1 Å². The molecule has 1 rings (SSSR count). The first-order valence-corrected chi connectivity index (χ1v) is 7.12. The van der Waals surface area contributed by atoms with Crippen LogP contribution >= 0.6 is 15.9 Å². The molecule has 0 heterocycles. The molecule has 0 aliphatic carbocycles. The number of nitrogens with one attached hydrogen (secondary N) is 2. The fraction of sp³-hybridized carbons (Fsp3) is 0.500. The average Bonchev–Trinajstić information content (AvgIpc) is 2.38. The molecule has 0 saturated heterocycles. The summed E-state index contributed by atoms with van der Waals surface area (Å²) in [6, 6.07) is 7.93. The number of carbonyl (C=O) groups is 1. The van der Waals surface area contributed by atoms with Crippen LogP contribution in [-0.4, -0.2) is 32.2 Å². The third-order valence-corrected chi connectivity index (χ3v) is 3.34. The Labute approximate surface area is 123 Å². The van der Waals surface area contributed by atoms with Crippen molar-refractivity contribution in [3.05, 3.63) is 34.3 Å². The van der Waals surface area contributed by atoms with Gasteiger partial charge in [-0.15, -0.1) is 0 Å². The van der Waals surface area contributed by atoms with E-state index in [4.69, 9.17) is 4.74 Å². The zero-order valence-electron chi connectivity index (χ0n) is 11.6. The summed E-state index contributed by atoms with van der Waals surface area (Å²) in [4.78, 5) is 11.8. The van der Waals surface area contributed by atoms with E-state index in [1.807, 2.05) is 38.1 Å². The predicted octanol–water partition coefficient (Wildman–Crippen LogP) is 2.25. The van der Waals surface area contributed by atoms with Crippen molar-refractivity contribution >= 4 is 21.8 Å². The Bertz CT molecular complexity index is 412. The quantitative estimate of drug-likeness (QED) is 0.755. The molecule has 0 radical (unpaired) electrons. The molecular weight excluding hydrogens is 308 g/mol. The number of carbonyl (C=O) groups excluding carboxylic acids is 1. The minimum absolute atomic E-state index is 0.0149. The molecule has 0 aliphatic rings. The van der Waals surface area contributed by atoms with Gasteiger partial charge in [0, 0.05) is 24.2 Å². The highest BCUT2D eigenvalue weighted by Crippen LogP contribution is 2.18. The molecule has 0 saturated carbocycles. The lowest BCUT2D eigenvalue weighted by Gasteiger charge is -2.20. The first-order valence-electron chi connectivity index (χ1n) is 6.32. The summed E-state index contributed by atoms with van der Waals surface area (Å²) in [5.74, 6) is -0.0149. The van der Waals surface area contributed by atoms with Crippen LogP contribution in [0.4, 0.5) is 0 Å². The van der Waals surface area contributed by atoms with E-state index >= 15 is 0 Å². The Morgan fingerprint density at radius 1 is 1.42 bits per heavy atom. The number of methoxy groups -OCH3 is 1. The summed E-state index contributed by atoms with van der Waals surface area (Å²) in [5, 5.41) is 6.09. The molecule has 5 heteroatoms. The van der Waals surface area contributed by atoms with Crippen molar-refractivity contribution in [2.75, 3.05) is 20.3 Å². The molecule has 2 atom stereocenters. The minimum Gasteiger partial charge on any atom is -0.383 e. The van der Waals surface area contributed by atoms with Crippen molar-refractivity contribution in [3.8, 4) is 0 Å². The SMILES string of the molecule is COCCNC(=O)C(C)N[C@@H](C)c1cccc(Br)c1. The van der Waals surface area contributed by atoms with Gasteiger partial charge in [-0.25, -0.2) is 0 Å². The Hall–Kier alpha value is -0.910. The van der Waals surface area contributed by atoms with E-state index in [0.29, 0.717) is 13.2 Å². The maximum atomic E-state index is 11.8. The lowest BCUT2D eigenvalue weighted by atomic mass is 10.1. The van der Waals surface area contributed by atoms with E-state index in [9.17, 15) is 4.79 Å². The summed E-state index contributed by atoms with van der Waals surface area (Å²) in [6.07, 6.45) is 0. The summed E-state index contributed by atoms with van der Waals surface area (Å²) in [5.41, 5.74) is 1.14. The van der Waals surface area contributed by atoms with Crippen LogP contribution in [0, 0.1) is 0 Å². The monoisotopic (exact) mass is 328 g/mol. The fourth-order valence-corrected chi connectivity index (χ4v) is 2.17. The van der Waals surface area contributed by atoms with E-state index in [1.54, 1.807) is 7.11 Å². The van der Waals surface area contributed by atoms with Crippen LogP contribution in [0.25, 0.3) is 0 Å². The standard InChI is InChI=1S/C14H21BrN2O2/c1-10(12-5-4-6-13(15)9-12)17-11(2)14(18)16-7-8-19-3/h4-6,9-11,17H,7-8H2,1-3H3,(H,16,18)/t10-,11?/m0/s1. The van der Waals surface area contributed by atoms with E-state index in [-0.39, 0.29) is 18.0 Å². The van der Waals surface area contributed by atoms with Gasteiger partial charge in [0.15, 0.2) is 0 Å². The molecule has 1 aromatic carbocycles. The lowest BCUT2D eigenvalue weighted by Crippen LogP contribution is -2.44. The molecule has 0 aliphatic heterocycles. The Balaban J connectivity index is 2.47. The lowest BCUT2D eigenvalue weighted by molar-refractivity contribution is -0.123. The van der Waals surface area contributed by atoms with Crippen molar-refractivity contribution in [1.29, 1.82) is 0 Å². The van der Waals surface area contributed by atoms with Crippen molar-refractivity contribution in [2.45, 2.75) is 25.9 Å². The van der Waals surface area contributed by atoms with Crippen molar-refractivity contribution < 1.29 is 9.53 Å². The first-order chi connectivity index (χ1) is 9.04. The van der Waals surface area contributed by atoms with E-state index < -0.39 is 0 Å². The second-order valence-corrected chi connectivity index (χ2v) is 5.36. The van der Waals surface area contributed by atoms with Gasteiger partial charge < -0.3 is 10.1 Å². The number of rotatable bonds is 7. The predicted molar refractivity (Wildman–Crippen MR) is 80.0 cm³/mol. The van der Waals surface area contributed by atoms with Crippen LogP contribution in [0.1, 0.15) is 25.5 Å². The number of benzene rings is 1. The van der Waals surface area contributed by atoms with Crippen molar-refractivity contribution in [2.24, 2.45) is 0 Å². The van der Waals surface area contributed by atoms with Gasteiger partial charge in [0.1, 0.15) is 0 Å².